The third-order valence-corrected chi connectivity index (χ3v) is 6.69. The molecule has 2 aromatic rings. The van der Waals surface area contributed by atoms with E-state index in [1.54, 1.807) is 18.2 Å². The summed E-state index contributed by atoms with van der Waals surface area (Å²) in [4.78, 5) is 39.7. The second-order valence-corrected chi connectivity index (χ2v) is 8.85. The van der Waals surface area contributed by atoms with E-state index in [4.69, 9.17) is 4.74 Å². The van der Waals surface area contributed by atoms with E-state index in [2.05, 4.69) is 5.32 Å². The highest BCUT2D eigenvalue weighted by molar-refractivity contribution is 8.00. The average molecular weight is 439 g/mol. The lowest BCUT2D eigenvalue weighted by Crippen LogP contribution is -2.29. The Hall–Kier alpha value is -2.80. The van der Waals surface area contributed by atoms with Crippen molar-refractivity contribution in [2.24, 2.45) is 0 Å². The average Bonchev–Trinajstić information content (AvgIpc) is 3.48. The van der Waals surface area contributed by atoms with Gasteiger partial charge in [0.05, 0.1) is 11.3 Å². The van der Waals surface area contributed by atoms with Gasteiger partial charge in [0.15, 0.2) is 6.61 Å². The molecule has 2 aliphatic rings. The smallest absolute Gasteiger partial charge is 0.339 e. The molecule has 0 spiro atoms. The fourth-order valence-electron chi connectivity index (χ4n) is 4.01. The van der Waals surface area contributed by atoms with Gasteiger partial charge in [-0.1, -0.05) is 18.2 Å². The Morgan fingerprint density at radius 2 is 1.74 bits per heavy atom. The lowest BCUT2D eigenvalue weighted by atomic mass is 10.1. The normalized spacial score (nSPS) is 14.9. The molecule has 0 bridgehead atoms. The van der Waals surface area contributed by atoms with Crippen LogP contribution in [0.5, 0.6) is 0 Å². The molecule has 7 heteroatoms. The van der Waals surface area contributed by atoms with Crippen LogP contribution in [0, 0.1) is 0 Å². The number of thioether (sulfide) groups is 1. The predicted octanol–water partition coefficient (Wildman–Crippen LogP) is 3.69. The molecular formula is C24H26N2O4S. The van der Waals surface area contributed by atoms with Gasteiger partial charge in [0.2, 0.25) is 5.91 Å². The lowest BCUT2D eigenvalue weighted by Gasteiger charge is -2.15. The van der Waals surface area contributed by atoms with Gasteiger partial charge in [0, 0.05) is 23.7 Å². The fraction of sp³-hybridized carbons (Fsp3) is 0.375. The number of carbonyl (C=O) groups is 3. The Labute approximate surface area is 186 Å². The maximum Gasteiger partial charge on any atom is 0.339 e. The quantitative estimate of drug-likeness (QED) is 0.527. The van der Waals surface area contributed by atoms with Gasteiger partial charge >= 0.3 is 5.97 Å². The predicted molar refractivity (Wildman–Crippen MR) is 120 cm³/mol. The Balaban J connectivity index is 1.30. The van der Waals surface area contributed by atoms with E-state index in [0.717, 1.165) is 50.9 Å². The van der Waals surface area contributed by atoms with Crippen molar-refractivity contribution in [3.05, 3.63) is 59.2 Å². The van der Waals surface area contributed by atoms with Crippen LogP contribution < -0.4 is 5.32 Å². The van der Waals surface area contributed by atoms with Gasteiger partial charge < -0.3 is 15.0 Å². The molecule has 1 aliphatic carbocycles. The number of benzene rings is 2. The number of nitrogens with zero attached hydrogens (tertiary/aromatic N) is 1. The maximum atomic E-state index is 12.6. The van der Waals surface area contributed by atoms with Gasteiger partial charge in [-0.3, -0.25) is 9.59 Å². The number of likely N-dealkylation sites (tertiary alicyclic amines) is 1. The van der Waals surface area contributed by atoms with Crippen molar-refractivity contribution in [2.75, 3.05) is 30.8 Å². The van der Waals surface area contributed by atoms with Crippen molar-refractivity contribution >= 4 is 35.2 Å². The van der Waals surface area contributed by atoms with Crippen molar-refractivity contribution in [1.29, 1.82) is 0 Å². The maximum absolute atomic E-state index is 12.6. The topological polar surface area (TPSA) is 75.7 Å². The molecule has 1 N–H and O–H groups in total. The zero-order valence-corrected chi connectivity index (χ0v) is 18.2. The molecule has 1 aliphatic heterocycles. The highest BCUT2D eigenvalue weighted by atomic mass is 32.2. The number of esters is 1. The van der Waals surface area contributed by atoms with Gasteiger partial charge in [-0.25, -0.2) is 4.79 Å². The number of hydrogen-bond acceptors (Lipinski definition) is 5. The summed E-state index contributed by atoms with van der Waals surface area (Å²) in [6.45, 7) is 1.26. The number of hydrogen-bond donors (Lipinski definition) is 1. The van der Waals surface area contributed by atoms with Crippen LogP contribution in [0.1, 0.15) is 40.7 Å². The molecule has 31 heavy (non-hydrogen) atoms. The van der Waals surface area contributed by atoms with Gasteiger partial charge in [-0.15, -0.1) is 11.8 Å². The molecule has 6 nitrogen and oxygen atoms in total. The fourth-order valence-corrected chi connectivity index (χ4v) is 4.96. The van der Waals surface area contributed by atoms with Gasteiger partial charge in [-0.2, -0.15) is 0 Å². The van der Waals surface area contributed by atoms with E-state index in [1.165, 1.54) is 22.9 Å². The second-order valence-electron chi connectivity index (χ2n) is 7.83. The first-order valence-electron chi connectivity index (χ1n) is 10.7. The highest BCUT2D eigenvalue weighted by Crippen LogP contribution is 2.26. The standard InChI is InChI=1S/C24H26N2O4S/c27-22(25-19-11-10-17-6-5-7-18(17)14-19)15-30-24(29)20-8-1-2-9-21(20)31-16-23(28)26-12-3-4-13-26/h1-2,8-11,14H,3-7,12-13,15-16H2,(H,25,27). The van der Waals surface area contributed by atoms with Gasteiger partial charge in [0.25, 0.3) is 5.91 Å². The highest BCUT2D eigenvalue weighted by Gasteiger charge is 2.20. The Bertz CT molecular complexity index is 985. The van der Waals surface area contributed by atoms with Crippen LogP contribution in [0.25, 0.3) is 0 Å². The number of ether oxygens (including phenoxy) is 1. The van der Waals surface area contributed by atoms with Crippen molar-refractivity contribution in [3.63, 3.8) is 0 Å². The van der Waals surface area contributed by atoms with E-state index in [0.29, 0.717) is 10.5 Å². The summed E-state index contributed by atoms with van der Waals surface area (Å²) in [6, 6.07) is 12.9. The summed E-state index contributed by atoms with van der Waals surface area (Å²) in [5.74, 6) is -0.579. The Morgan fingerprint density at radius 3 is 2.58 bits per heavy atom. The number of nitrogens with one attached hydrogen (secondary N) is 1. The third kappa shape index (κ3) is 5.47. The molecule has 0 saturated carbocycles. The Morgan fingerprint density at radius 1 is 0.968 bits per heavy atom. The minimum absolute atomic E-state index is 0.0828. The summed E-state index contributed by atoms with van der Waals surface area (Å²) in [5.41, 5.74) is 3.69. The first kappa shape index (κ1) is 21.4. The monoisotopic (exact) mass is 438 g/mol. The van der Waals surface area contributed by atoms with Gasteiger partial charge in [0.1, 0.15) is 0 Å². The molecule has 1 fully saturated rings. The molecule has 4 rings (SSSR count). The number of amides is 2. The molecular weight excluding hydrogens is 412 g/mol. The first-order chi connectivity index (χ1) is 15.1. The van der Waals surface area contributed by atoms with Crippen molar-refractivity contribution in [1.82, 2.24) is 4.90 Å². The molecule has 0 aromatic heterocycles. The van der Waals surface area contributed by atoms with Crippen LogP contribution in [0.2, 0.25) is 0 Å². The van der Waals surface area contributed by atoms with Crippen LogP contribution in [0.4, 0.5) is 5.69 Å². The van der Waals surface area contributed by atoms with E-state index in [-0.39, 0.29) is 24.2 Å². The molecule has 1 saturated heterocycles. The van der Waals surface area contributed by atoms with Crippen LogP contribution in [-0.4, -0.2) is 48.1 Å². The summed E-state index contributed by atoms with van der Waals surface area (Å²) in [5, 5.41) is 2.79. The number of anilines is 1. The zero-order chi connectivity index (χ0) is 21.6. The molecule has 0 radical (unpaired) electrons. The third-order valence-electron chi connectivity index (χ3n) is 5.63. The zero-order valence-electron chi connectivity index (χ0n) is 17.4. The summed E-state index contributed by atoms with van der Waals surface area (Å²) in [7, 11) is 0. The van der Waals surface area contributed by atoms with Crippen molar-refractivity contribution in [2.45, 2.75) is 37.0 Å². The van der Waals surface area contributed by atoms with Crippen LogP contribution >= 0.6 is 11.8 Å². The van der Waals surface area contributed by atoms with E-state index < -0.39 is 5.97 Å². The molecule has 1 heterocycles. The SMILES string of the molecule is O=C(COC(=O)c1ccccc1SCC(=O)N1CCCC1)Nc1ccc2c(c1)CCC2. The molecule has 2 aromatic carbocycles. The van der Waals surface area contributed by atoms with Crippen molar-refractivity contribution < 1.29 is 19.1 Å². The molecule has 0 unspecified atom stereocenters. The van der Waals surface area contributed by atoms with Crippen LogP contribution in [-0.2, 0) is 27.2 Å². The molecule has 162 valence electrons. The molecule has 0 atom stereocenters. The summed E-state index contributed by atoms with van der Waals surface area (Å²) < 4.78 is 5.24. The minimum atomic E-state index is -0.569. The van der Waals surface area contributed by atoms with Gasteiger partial charge in [-0.05, 0) is 67.5 Å². The molecule has 2 amide bonds. The number of rotatable bonds is 7. The number of fused-ring (bicyclic) bond motifs is 1. The van der Waals surface area contributed by atoms with Crippen LogP contribution in [0.3, 0.4) is 0 Å². The Kier molecular flexibility index (Phi) is 6.92. The van der Waals surface area contributed by atoms with E-state index >= 15 is 0 Å². The first-order valence-corrected chi connectivity index (χ1v) is 11.7. The van der Waals surface area contributed by atoms with Crippen LogP contribution in [0.15, 0.2) is 47.4 Å². The number of aryl methyl sites for hydroxylation is 2. The van der Waals surface area contributed by atoms with E-state index in [9.17, 15) is 14.4 Å². The largest absolute Gasteiger partial charge is 0.452 e. The summed E-state index contributed by atoms with van der Waals surface area (Å²) >= 11 is 1.33. The minimum Gasteiger partial charge on any atom is -0.452 e. The lowest BCUT2D eigenvalue weighted by molar-refractivity contribution is -0.127. The van der Waals surface area contributed by atoms with Crippen molar-refractivity contribution in [3.8, 4) is 0 Å². The second kappa shape index (κ2) is 10.0. The van der Waals surface area contributed by atoms with E-state index in [1.807, 2.05) is 29.2 Å². The summed E-state index contributed by atoms with van der Waals surface area (Å²) in [6.07, 6.45) is 5.36. The number of carbonyl (C=O) groups excluding carboxylic acids is 3.